The van der Waals surface area contributed by atoms with E-state index in [9.17, 15) is 47.0 Å². The number of Topliss-reactive ketones (excluding diaryl/α,β-unsaturated/α-hetero) is 1. The van der Waals surface area contributed by atoms with Crippen LogP contribution in [-0.2, 0) is 60.6 Å². The Labute approximate surface area is 343 Å². The Balaban J connectivity index is 1.38. The van der Waals surface area contributed by atoms with Crippen molar-refractivity contribution in [3.63, 3.8) is 0 Å². The predicted octanol–water partition coefficient (Wildman–Crippen LogP) is 5.98. The van der Waals surface area contributed by atoms with Crippen LogP contribution in [-0.4, -0.2) is 58.6 Å². The first-order valence-corrected chi connectivity index (χ1v) is 19.4. The molecule has 0 saturated heterocycles. The minimum atomic E-state index is -4.63. The van der Waals surface area contributed by atoms with Gasteiger partial charge in [0.05, 0.1) is 17.5 Å². The Morgan fingerprint density at radius 1 is 0.600 bits per heavy atom. The van der Waals surface area contributed by atoms with E-state index in [2.05, 4.69) is 21.3 Å². The summed E-state index contributed by atoms with van der Waals surface area (Å²) in [4.78, 5) is 81.6. The highest BCUT2D eigenvalue weighted by Crippen LogP contribution is 2.29. The average Bonchev–Trinajstić information content (AvgIpc) is 3.22. The number of fused-ring (bicyclic) bond motifs is 19. The summed E-state index contributed by atoms with van der Waals surface area (Å²) in [6.45, 7) is 0. The zero-order chi connectivity index (χ0) is 42.8. The number of aliphatic carboxylic acids is 1. The Morgan fingerprint density at radius 2 is 1.18 bits per heavy atom. The summed E-state index contributed by atoms with van der Waals surface area (Å²) in [6, 6.07) is 28.0. The molecule has 0 spiro atoms. The molecule has 5 N–H and O–H groups in total. The zero-order valence-corrected chi connectivity index (χ0v) is 32.3. The number of hydrogen-bond donors (Lipinski definition) is 5. The Morgan fingerprint density at radius 3 is 1.87 bits per heavy atom. The molecule has 2 aliphatic rings. The summed E-state index contributed by atoms with van der Waals surface area (Å²) < 4.78 is 40.4. The molecule has 0 aromatic heterocycles. The summed E-state index contributed by atoms with van der Waals surface area (Å²) in [5.74, 6) is -5.85. The molecule has 0 radical (unpaired) electrons. The van der Waals surface area contributed by atoms with Gasteiger partial charge in [0.25, 0.3) is 0 Å². The molecule has 0 aliphatic carbocycles. The lowest BCUT2D eigenvalue weighted by Gasteiger charge is -2.26. The molecule has 0 saturated carbocycles. The number of nitrogens with one attached hydrogen (secondary N) is 4. The van der Waals surface area contributed by atoms with Gasteiger partial charge in [-0.1, -0.05) is 97.1 Å². The fraction of sp³-hybridized carbons (Fsp3) is 0.261. The van der Waals surface area contributed by atoms with Crippen LogP contribution in [0.15, 0.2) is 121 Å². The number of benzene rings is 5. The van der Waals surface area contributed by atoms with Crippen LogP contribution in [0, 0.1) is 5.92 Å². The van der Waals surface area contributed by atoms with Crippen LogP contribution >= 0.6 is 0 Å². The third kappa shape index (κ3) is 11.6. The Bertz CT molecular complexity index is 2350. The van der Waals surface area contributed by atoms with Crippen molar-refractivity contribution in [2.75, 3.05) is 5.32 Å². The molecule has 60 heavy (non-hydrogen) atoms. The maximum atomic E-state index is 14.4. The van der Waals surface area contributed by atoms with Crippen LogP contribution < -0.4 is 21.3 Å². The highest BCUT2D eigenvalue weighted by atomic mass is 19.4. The summed E-state index contributed by atoms with van der Waals surface area (Å²) in [5, 5.41) is 22.7. The van der Waals surface area contributed by atoms with Crippen LogP contribution in [0.25, 0.3) is 10.8 Å². The third-order valence-electron chi connectivity index (χ3n) is 10.4. The molecule has 11 nitrogen and oxygen atoms in total. The van der Waals surface area contributed by atoms with E-state index in [1.165, 1.54) is 12.1 Å². The molecule has 310 valence electrons. The van der Waals surface area contributed by atoms with E-state index in [-0.39, 0.29) is 44.1 Å². The lowest BCUT2D eigenvalue weighted by Crippen LogP contribution is -2.57. The predicted molar refractivity (Wildman–Crippen MR) is 217 cm³/mol. The van der Waals surface area contributed by atoms with E-state index in [4.69, 9.17) is 0 Å². The highest BCUT2D eigenvalue weighted by Gasteiger charge is 2.34. The Kier molecular flexibility index (Phi) is 13.7. The van der Waals surface area contributed by atoms with E-state index in [1.807, 2.05) is 30.3 Å². The second-order valence-corrected chi connectivity index (χ2v) is 14.8. The minimum Gasteiger partial charge on any atom is -0.481 e. The van der Waals surface area contributed by atoms with Gasteiger partial charge in [0, 0.05) is 37.8 Å². The lowest BCUT2D eigenvalue weighted by atomic mass is 9.90. The van der Waals surface area contributed by atoms with Crippen LogP contribution in [0.1, 0.15) is 47.1 Å². The lowest BCUT2D eigenvalue weighted by molar-refractivity contribution is -0.144. The van der Waals surface area contributed by atoms with Crippen molar-refractivity contribution < 1.29 is 47.0 Å². The van der Waals surface area contributed by atoms with Crippen LogP contribution in [0.3, 0.4) is 0 Å². The molecule has 7 rings (SSSR count). The maximum Gasteiger partial charge on any atom is 0.416 e. The average molecular weight is 821 g/mol. The molecule has 2 aliphatic heterocycles. The summed E-state index contributed by atoms with van der Waals surface area (Å²) >= 11 is 0. The first-order valence-electron chi connectivity index (χ1n) is 19.4. The van der Waals surface area contributed by atoms with E-state index in [1.54, 1.807) is 66.7 Å². The SMILES string of the molecule is O=C1CCC(=O)N[C@H](Cc2cccc3ccccc23)C(=O)N[C@@H](Cc2ccc(C(F)(F)F)cc2)C(=O)N[C@H](Cc2ccccc2)C(=O)C[C@H](C(=O)O)Cc2ccc(cc2)N1. The molecule has 0 unspecified atom stereocenters. The van der Waals surface area contributed by atoms with Gasteiger partial charge in [-0.3, -0.25) is 28.8 Å². The van der Waals surface area contributed by atoms with Gasteiger partial charge in [0.15, 0.2) is 5.78 Å². The summed E-state index contributed by atoms with van der Waals surface area (Å²) in [6.07, 6.45) is -6.09. The second kappa shape index (κ2) is 19.3. The molecule has 2 bridgehead atoms. The quantitative estimate of drug-likeness (QED) is 0.126. The normalized spacial score (nSPS) is 20.0. The zero-order valence-electron chi connectivity index (χ0n) is 32.3. The summed E-state index contributed by atoms with van der Waals surface area (Å²) in [5.41, 5.74) is 1.63. The molecule has 5 aromatic rings. The number of carbonyl (C=O) groups excluding carboxylic acids is 5. The number of hydrogen-bond acceptors (Lipinski definition) is 6. The molecule has 2 heterocycles. The summed E-state index contributed by atoms with van der Waals surface area (Å²) in [7, 11) is 0. The molecule has 0 fully saturated rings. The van der Waals surface area contributed by atoms with Gasteiger partial charge < -0.3 is 26.4 Å². The topological polar surface area (TPSA) is 171 Å². The van der Waals surface area contributed by atoms with Gasteiger partial charge in [0.1, 0.15) is 12.1 Å². The molecular formula is C46H43F3N4O7. The van der Waals surface area contributed by atoms with Gasteiger partial charge in [-0.05, 0) is 70.1 Å². The van der Waals surface area contributed by atoms with Crippen molar-refractivity contribution in [2.24, 2.45) is 5.92 Å². The van der Waals surface area contributed by atoms with Crippen molar-refractivity contribution in [3.05, 3.63) is 149 Å². The Hall–Kier alpha value is -6.83. The van der Waals surface area contributed by atoms with E-state index >= 15 is 0 Å². The first kappa shape index (κ1) is 42.8. The molecule has 4 atom stereocenters. The maximum absolute atomic E-state index is 14.4. The number of carbonyl (C=O) groups is 6. The number of carboxylic acid groups (broad SMARTS) is 1. The number of anilines is 1. The van der Waals surface area contributed by atoms with Crippen LogP contribution in [0.5, 0.6) is 0 Å². The monoisotopic (exact) mass is 820 g/mol. The second-order valence-electron chi connectivity index (χ2n) is 14.8. The number of alkyl halides is 3. The van der Waals surface area contributed by atoms with Crippen molar-refractivity contribution >= 4 is 51.8 Å². The van der Waals surface area contributed by atoms with Gasteiger partial charge in [-0.25, -0.2) is 0 Å². The fourth-order valence-corrected chi connectivity index (χ4v) is 7.17. The van der Waals surface area contributed by atoms with E-state index in [0.717, 1.165) is 22.9 Å². The van der Waals surface area contributed by atoms with Crippen molar-refractivity contribution in [2.45, 2.75) is 69.2 Å². The van der Waals surface area contributed by atoms with Gasteiger partial charge in [-0.15, -0.1) is 0 Å². The van der Waals surface area contributed by atoms with Gasteiger partial charge >= 0.3 is 12.1 Å². The van der Waals surface area contributed by atoms with Gasteiger partial charge in [0.2, 0.25) is 23.6 Å². The standard InChI is InChI=1S/C46H43F3N4O7/c47-46(48,49)34-17-13-30(14-18-34)25-38-43(57)52-37(24-28-7-2-1-3-8-28)40(54)27-33(45(59)60)23-29-15-19-35(20-16-29)50-41(55)21-22-42(56)51-39(44(58)53-38)26-32-11-6-10-31-9-4-5-12-36(31)32/h1-20,33,37-39H,21-27H2,(H,50,55)(H,51,56)(H,52,57)(H,53,58)(H,59,60)/t33-,37-,38+,39-/m1/s1. The van der Waals surface area contributed by atoms with Gasteiger partial charge in [-0.2, -0.15) is 13.2 Å². The van der Waals surface area contributed by atoms with Crippen molar-refractivity contribution in [1.82, 2.24) is 16.0 Å². The largest absolute Gasteiger partial charge is 0.481 e. The molecular weight excluding hydrogens is 778 g/mol. The third-order valence-corrected chi connectivity index (χ3v) is 10.4. The van der Waals surface area contributed by atoms with Crippen molar-refractivity contribution in [3.8, 4) is 0 Å². The number of amides is 4. The number of ketones is 1. The van der Waals surface area contributed by atoms with E-state index in [0.29, 0.717) is 22.4 Å². The highest BCUT2D eigenvalue weighted by molar-refractivity contribution is 5.97. The molecule has 4 amide bonds. The first-order chi connectivity index (χ1) is 28.7. The molecule has 14 heteroatoms. The number of rotatable bonds is 7. The smallest absolute Gasteiger partial charge is 0.416 e. The fourth-order valence-electron chi connectivity index (χ4n) is 7.17. The number of carboxylic acids is 1. The number of halogens is 3. The van der Waals surface area contributed by atoms with Crippen molar-refractivity contribution in [1.29, 1.82) is 0 Å². The van der Waals surface area contributed by atoms with Crippen LogP contribution in [0.2, 0.25) is 0 Å². The van der Waals surface area contributed by atoms with E-state index < -0.39 is 77.6 Å². The molecule has 5 aromatic carbocycles. The van der Waals surface area contributed by atoms with Crippen LogP contribution in [0.4, 0.5) is 18.9 Å². The minimum absolute atomic E-state index is 0.0349.